The fourth-order valence-electron chi connectivity index (χ4n) is 1.37. The second-order valence-corrected chi connectivity index (χ2v) is 4.77. The lowest BCUT2D eigenvalue weighted by Crippen LogP contribution is -2.12. The minimum atomic E-state index is 0.365. The zero-order chi connectivity index (χ0) is 11.0. The average molecular weight is 317 g/mol. The van der Waals surface area contributed by atoms with Gasteiger partial charge in [-0.2, -0.15) is 9.61 Å². The van der Waals surface area contributed by atoms with Gasteiger partial charge in [0.1, 0.15) is 3.70 Å². The summed E-state index contributed by atoms with van der Waals surface area (Å²) >= 11 is 2.19. The van der Waals surface area contributed by atoms with E-state index in [2.05, 4.69) is 57.1 Å². The van der Waals surface area contributed by atoms with Crippen LogP contribution in [0, 0.1) is 10.6 Å². The molecule has 0 aliphatic carbocycles. The van der Waals surface area contributed by atoms with Gasteiger partial charge >= 0.3 is 0 Å². The predicted octanol–water partition coefficient (Wildman–Crippen LogP) is 1.86. The number of aryl methyl sites for hydroxylation is 1. The molecule has 0 aromatic carbocycles. The molecule has 0 aliphatic rings. The minimum absolute atomic E-state index is 0.365. The van der Waals surface area contributed by atoms with Gasteiger partial charge in [0.05, 0.1) is 5.69 Å². The summed E-state index contributed by atoms with van der Waals surface area (Å²) in [6.07, 6.45) is 0. The molecule has 0 aliphatic heterocycles. The number of nitrogens with one attached hydrogen (secondary N) is 1. The normalized spacial score (nSPS) is 11.3. The molecule has 0 amide bonds. The highest BCUT2D eigenvalue weighted by Crippen LogP contribution is 2.18. The van der Waals surface area contributed by atoms with Gasteiger partial charge in [-0.3, -0.25) is 0 Å². The van der Waals surface area contributed by atoms with Crippen LogP contribution in [0.3, 0.4) is 0 Å². The fourth-order valence-corrected chi connectivity index (χ4v) is 1.90. The van der Waals surface area contributed by atoms with Crippen molar-refractivity contribution < 1.29 is 0 Å². The number of rotatable bonds is 2. The Bertz CT molecular complexity index is 490. The van der Waals surface area contributed by atoms with E-state index in [0.29, 0.717) is 6.04 Å². The van der Waals surface area contributed by atoms with Crippen LogP contribution in [-0.4, -0.2) is 25.9 Å². The molecule has 0 saturated heterocycles. The van der Waals surface area contributed by atoms with Crippen LogP contribution in [0.1, 0.15) is 19.7 Å². The molecule has 2 aromatic rings. The Morgan fingerprint density at radius 3 is 2.80 bits per heavy atom. The average Bonchev–Trinajstić information content (AvgIpc) is 2.47. The Labute approximate surface area is 101 Å². The maximum Gasteiger partial charge on any atom is 0.200 e. The smallest absolute Gasteiger partial charge is 0.200 e. The largest absolute Gasteiger partial charge is 0.380 e. The van der Waals surface area contributed by atoms with E-state index in [1.165, 1.54) is 0 Å². The molecular weight excluding hydrogens is 305 g/mol. The number of hydrogen-bond acceptors (Lipinski definition) is 4. The molecule has 0 unspecified atom stereocenters. The van der Waals surface area contributed by atoms with Crippen molar-refractivity contribution in [2.24, 2.45) is 0 Å². The number of anilines is 1. The van der Waals surface area contributed by atoms with Crippen LogP contribution in [-0.2, 0) is 0 Å². The van der Waals surface area contributed by atoms with E-state index in [0.717, 1.165) is 20.9 Å². The number of nitrogens with zero attached hydrogens (tertiary/aromatic N) is 4. The van der Waals surface area contributed by atoms with Crippen LogP contribution in [0.15, 0.2) is 6.07 Å². The van der Waals surface area contributed by atoms with Crippen molar-refractivity contribution in [1.82, 2.24) is 19.8 Å². The number of hydrogen-bond donors (Lipinski definition) is 1. The molecule has 15 heavy (non-hydrogen) atoms. The van der Waals surface area contributed by atoms with Gasteiger partial charge in [0.15, 0.2) is 5.82 Å². The van der Waals surface area contributed by atoms with Gasteiger partial charge in [0.25, 0.3) is 0 Å². The Hall–Kier alpha value is -0.920. The van der Waals surface area contributed by atoms with E-state index in [9.17, 15) is 0 Å². The van der Waals surface area contributed by atoms with Crippen LogP contribution >= 0.6 is 22.6 Å². The van der Waals surface area contributed by atoms with E-state index in [1.807, 2.05) is 13.0 Å². The molecule has 0 bridgehead atoms. The molecular formula is C9H12IN5. The molecule has 0 atom stereocenters. The van der Waals surface area contributed by atoms with Crippen LogP contribution in [0.2, 0.25) is 0 Å². The molecule has 1 N–H and O–H groups in total. The summed E-state index contributed by atoms with van der Waals surface area (Å²) in [7, 11) is 0. The van der Waals surface area contributed by atoms with Gasteiger partial charge in [0.2, 0.25) is 5.65 Å². The summed E-state index contributed by atoms with van der Waals surface area (Å²) in [6, 6.07) is 2.34. The lowest BCUT2D eigenvalue weighted by atomic mass is 10.3. The van der Waals surface area contributed by atoms with Crippen molar-refractivity contribution in [2.45, 2.75) is 26.8 Å². The standard InChI is InChI=1S/C9H12IN5/c1-5(2)11-7-4-8(10)14-15-6(3)12-13-9(7)15/h4-5,11H,1-3H3. The topological polar surface area (TPSA) is 55.1 Å². The summed E-state index contributed by atoms with van der Waals surface area (Å²) in [5.74, 6) is 0.801. The molecule has 2 aromatic heterocycles. The molecule has 0 radical (unpaired) electrons. The monoisotopic (exact) mass is 317 g/mol. The zero-order valence-corrected chi connectivity index (χ0v) is 11.0. The van der Waals surface area contributed by atoms with Crippen molar-refractivity contribution in [3.63, 3.8) is 0 Å². The van der Waals surface area contributed by atoms with E-state index in [-0.39, 0.29) is 0 Å². The van der Waals surface area contributed by atoms with E-state index < -0.39 is 0 Å². The first-order valence-corrected chi connectivity index (χ1v) is 5.81. The van der Waals surface area contributed by atoms with Gasteiger partial charge in [0, 0.05) is 6.04 Å². The SMILES string of the molecule is Cc1nnc2c(NC(C)C)cc(I)nn12. The van der Waals surface area contributed by atoms with Crippen LogP contribution in [0.25, 0.3) is 5.65 Å². The second kappa shape index (κ2) is 3.92. The lowest BCUT2D eigenvalue weighted by Gasteiger charge is -2.10. The van der Waals surface area contributed by atoms with E-state index in [4.69, 9.17) is 0 Å². The van der Waals surface area contributed by atoms with Gasteiger partial charge in [-0.25, -0.2) is 0 Å². The zero-order valence-electron chi connectivity index (χ0n) is 8.82. The maximum atomic E-state index is 4.34. The number of halogens is 1. The number of aromatic nitrogens is 4. The molecule has 0 fully saturated rings. The summed E-state index contributed by atoms with van der Waals surface area (Å²) in [6.45, 7) is 6.07. The first-order chi connectivity index (χ1) is 7.08. The molecule has 0 spiro atoms. The Morgan fingerprint density at radius 2 is 2.13 bits per heavy atom. The first-order valence-electron chi connectivity index (χ1n) is 4.73. The minimum Gasteiger partial charge on any atom is -0.380 e. The summed E-state index contributed by atoms with van der Waals surface area (Å²) in [4.78, 5) is 0. The van der Waals surface area contributed by atoms with Crippen LogP contribution < -0.4 is 5.32 Å². The van der Waals surface area contributed by atoms with E-state index in [1.54, 1.807) is 4.52 Å². The van der Waals surface area contributed by atoms with Crippen molar-refractivity contribution in [3.8, 4) is 0 Å². The molecule has 0 saturated carbocycles. The second-order valence-electron chi connectivity index (χ2n) is 3.66. The fraction of sp³-hybridized carbons (Fsp3) is 0.444. The third-order valence-corrected chi connectivity index (χ3v) is 2.47. The van der Waals surface area contributed by atoms with Crippen molar-refractivity contribution in [3.05, 3.63) is 15.6 Å². The number of fused-ring (bicyclic) bond motifs is 1. The molecule has 2 heterocycles. The third-order valence-electron chi connectivity index (χ3n) is 1.94. The van der Waals surface area contributed by atoms with Gasteiger partial charge in [-0.15, -0.1) is 10.2 Å². The highest BCUT2D eigenvalue weighted by atomic mass is 127. The predicted molar refractivity (Wildman–Crippen MR) is 67.0 cm³/mol. The van der Waals surface area contributed by atoms with Crippen molar-refractivity contribution in [2.75, 3.05) is 5.32 Å². The first kappa shape index (κ1) is 10.6. The van der Waals surface area contributed by atoms with Gasteiger partial charge in [-0.05, 0) is 49.4 Å². The Morgan fingerprint density at radius 1 is 1.40 bits per heavy atom. The molecule has 5 nitrogen and oxygen atoms in total. The third kappa shape index (κ3) is 2.04. The summed E-state index contributed by atoms with van der Waals surface area (Å²) < 4.78 is 2.68. The summed E-state index contributed by atoms with van der Waals surface area (Å²) in [5, 5.41) is 15.8. The highest BCUT2D eigenvalue weighted by Gasteiger charge is 2.09. The van der Waals surface area contributed by atoms with Gasteiger partial charge in [-0.1, -0.05) is 0 Å². The Kier molecular flexibility index (Phi) is 2.76. The molecule has 80 valence electrons. The summed E-state index contributed by atoms with van der Waals surface area (Å²) in [5.41, 5.74) is 1.76. The van der Waals surface area contributed by atoms with Crippen LogP contribution in [0.5, 0.6) is 0 Å². The van der Waals surface area contributed by atoms with Crippen molar-refractivity contribution in [1.29, 1.82) is 0 Å². The Balaban J connectivity index is 2.61. The molecule has 2 rings (SSSR count). The van der Waals surface area contributed by atoms with E-state index >= 15 is 0 Å². The van der Waals surface area contributed by atoms with Crippen molar-refractivity contribution >= 4 is 33.9 Å². The maximum absolute atomic E-state index is 4.34. The quantitative estimate of drug-likeness (QED) is 0.859. The lowest BCUT2D eigenvalue weighted by molar-refractivity contribution is 0.850. The van der Waals surface area contributed by atoms with Crippen LogP contribution in [0.4, 0.5) is 5.69 Å². The molecule has 6 heteroatoms. The highest BCUT2D eigenvalue weighted by molar-refractivity contribution is 14.1. The van der Waals surface area contributed by atoms with Gasteiger partial charge < -0.3 is 5.32 Å².